The summed E-state index contributed by atoms with van der Waals surface area (Å²) >= 11 is 0. The minimum absolute atomic E-state index is 0.105. The van der Waals surface area contributed by atoms with Gasteiger partial charge >= 0.3 is 0 Å². The number of nitrogens with one attached hydrogen (secondary N) is 1. The van der Waals surface area contributed by atoms with E-state index in [2.05, 4.69) is 31.0 Å². The second kappa shape index (κ2) is 4.28. The second-order valence-corrected chi connectivity index (χ2v) is 5.06. The van der Waals surface area contributed by atoms with Crippen LogP contribution in [0.25, 0.3) is 0 Å². The molecule has 3 N–H and O–H groups in total. The highest BCUT2D eigenvalue weighted by atomic mass is 16.2. The average molecular weight is 199 g/mol. The van der Waals surface area contributed by atoms with Crippen molar-refractivity contribution in [1.82, 2.24) is 10.2 Å². The van der Waals surface area contributed by atoms with Gasteiger partial charge in [-0.05, 0) is 5.41 Å². The predicted octanol–water partition coefficient (Wildman–Crippen LogP) is -0.208. The summed E-state index contributed by atoms with van der Waals surface area (Å²) in [5, 5.41) is 2.80. The molecule has 1 atom stereocenters. The molecule has 1 saturated heterocycles. The maximum absolute atomic E-state index is 11.1. The lowest BCUT2D eigenvalue weighted by atomic mass is 9.87. The summed E-state index contributed by atoms with van der Waals surface area (Å²) in [7, 11) is 0. The topological polar surface area (TPSA) is 58.4 Å². The largest absolute Gasteiger partial charge is 0.354 e. The van der Waals surface area contributed by atoms with Crippen LogP contribution in [0, 0.1) is 5.41 Å². The minimum atomic E-state index is 0.105. The van der Waals surface area contributed by atoms with E-state index < -0.39 is 0 Å². The van der Waals surface area contributed by atoms with Crippen molar-refractivity contribution in [3.63, 3.8) is 0 Å². The van der Waals surface area contributed by atoms with Crippen LogP contribution in [0.4, 0.5) is 0 Å². The number of carbonyl (C=O) groups excluding carboxylic acids is 1. The Kier molecular flexibility index (Phi) is 3.50. The Bertz CT molecular complexity index is 210. The molecule has 1 fully saturated rings. The van der Waals surface area contributed by atoms with Crippen molar-refractivity contribution in [2.24, 2.45) is 11.1 Å². The Morgan fingerprint density at radius 1 is 1.57 bits per heavy atom. The van der Waals surface area contributed by atoms with E-state index in [0.717, 1.165) is 19.6 Å². The lowest BCUT2D eigenvalue weighted by Gasteiger charge is -2.34. The van der Waals surface area contributed by atoms with Gasteiger partial charge in [-0.3, -0.25) is 9.69 Å². The van der Waals surface area contributed by atoms with Crippen molar-refractivity contribution in [1.29, 1.82) is 0 Å². The van der Waals surface area contributed by atoms with Gasteiger partial charge in [-0.25, -0.2) is 0 Å². The predicted molar refractivity (Wildman–Crippen MR) is 56.9 cm³/mol. The quantitative estimate of drug-likeness (QED) is 0.647. The van der Waals surface area contributed by atoms with Crippen LogP contribution >= 0.6 is 0 Å². The first-order valence-electron chi connectivity index (χ1n) is 5.14. The molecule has 0 aromatic carbocycles. The third-order valence-electron chi connectivity index (χ3n) is 2.68. The van der Waals surface area contributed by atoms with Crippen molar-refractivity contribution in [3.05, 3.63) is 0 Å². The molecular formula is C10H21N3O. The SMILES string of the molecule is CC(C)(C)C(N)CN1CCNC(=O)C1. The molecule has 1 heterocycles. The molecule has 0 radical (unpaired) electrons. The number of nitrogens with two attached hydrogens (primary N) is 1. The highest BCUT2D eigenvalue weighted by Crippen LogP contribution is 2.18. The van der Waals surface area contributed by atoms with Gasteiger partial charge < -0.3 is 11.1 Å². The second-order valence-electron chi connectivity index (χ2n) is 5.06. The smallest absolute Gasteiger partial charge is 0.234 e. The Morgan fingerprint density at radius 2 is 2.21 bits per heavy atom. The van der Waals surface area contributed by atoms with Crippen LogP contribution in [0.15, 0.2) is 0 Å². The van der Waals surface area contributed by atoms with E-state index in [0.29, 0.717) is 6.54 Å². The van der Waals surface area contributed by atoms with Gasteiger partial charge in [0.2, 0.25) is 5.91 Å². The first-order chi connectivity index (χ1) is 6.39. The fourth-order valence-corrected chi connectivity index (χ4v) is 1.40. The zero-order valence-corrected chi connectivity index (χ0v) is 9.34. The zero-order valence-electron chi connectivity index (χ0n) is 9.34. The fourth-order valence-electron chi connectivity index (χ4n) is 1.40. The Labute approximate surface area is 85.8 Å². The standard InChI is InChI=1S/C10H21N3O/c1-10(2,3)8(11)6-13-5-4-12-9(14)7-13/h8H,4-7,11H2,1-3H3,(H,12,14). The van der Waals surface area contributed by atoms with Crippen LogP contribution < -0.4 is 11.1 Å². The van der Waals surface area contributed by atoms with E-state index in [9.17, 15) is 4.79 Å². The Morgan fingerprint density at radius 3 is 2.71 bits per heavy atom. The first kappa shape index (κ1) is 11.5. The summed E-state index contributed by atoms with van der Waals surface area (Å²) in [5.74, 6) is 0.109. The maximum Gasteiger partial charge on any atom is 0.234 e. The third kappa shape index (κ3) is 3.27. The molecule has 1 unspecified atom stereocenters. The fraction of sp³-hybridized carbons (Fsp3) is 0.900. The number of piperazine rings is 1. The highest BCUT2D eigenvalue weighted by molar-refractivity contribution is 5.78. The minimum Gasteiger partial charge on any atom is -0.354 e. The first-order valence-corrected chi connectivity index (χ1v) is 5.14. The molecule has 14 heavy (non-hydrogen) atoms. The van der Waals surface area contributed by atoms with Crippen molar-refractivity contribution >= 4 is 5.91 Å². The zero-order chi connectivity index (χ0) is 10.8. The van der Waals surface area contributed by atoms with E-state index in [1.54, 1.807) is 0 Å². The van der Waals surface area contributed by atoms with Gasteiger partial charge in [-0.15, -0.1) is 0 Å². The molecule has 4 nitrogen and oxygen atoms in total. The molecule has 0 spiro atoms. The molecule has 0 aromatic rings. The number of rotatable bonds is 2. The third-order valence-corrected chi connectivity index (χ3v) is 2.68. The van der Waals surface area contributed by atoms with E-state index in [1.165, 1.54) is 0 Å². The normalized spacial score (nSPS) is 21.9. The summed E-state index contributed by atoms with van der Waals surface area (Å²) in [4.78, 5) is 13.2. The summed E-state index contributed by atoms with van der Waals surface area (Å²) in [6.07, 6.45) is 0. The van der Waals surface area contributed by atoms with Crippen molar-refractivity contribution in [2.75, 3.05) is 26.2 Å². The van der Waals surface area contributed by atoms with Gasteiger partial charge in [-0.2, -0.15) is 0 Å². The maximum atomic E-state index is 11.1. The molecule has 1 aliphatic heterocycles. The van der Waals surface area contributed by atoms with E-state index in [-0.39, 0.29) is 17.4 Å². The molecule has 0 aromatic heterocycles. The van der Waals surface area contributed by atoms with Crippen molar-refractivity contribution < 1.29 is 4.79 Å². The van der Waals surface area contributed by atoms with Gasteiger partial charge in [0.15, 0.2) is 0 Å². The molecule has 1 aliphatic rings. The van der Waals surface area contributed by atoms with Crippen LogP contribution in [0.5, 0.6) is 0 Å². The molecule has 1 rings (SSSR count). The van der Waals surface area contributed by atoms with Crippen LogP contribution in [-0.2, 0) is 4.79 Å². The van der Waals surface area contributed by atoms with Gasteiger partial charge in [0.05, 0.1) is 6.54 Å². The Balaban J connectivity index is 2.40. The van der Waals surface area contributed by atoms with E-state index in [1.807, 2.05) is 0 Å². The summed E-state index contributed by atoms with van der Waals surface area (Å²) in [6.45, 7) is 9.33. The lowest BCUT2D eigenvalue weighted by Crippen LogP contribution is -2.53. The summed E-state index contributed by atoms with van der Waals surface area (Å²) in [6, 6.07) is 0.119. The molecule has 1 amide bonds. The van der Waals surface area contributed by atoms with Crippen LogP contribution in [-0.4, -0.2) is 43.0 Å². The monoisotopic (exact) mass is 199 g/mol. The molecule has 0 bridgehead atoms. The van der Waals surface area contributed by atoms with Gasteiger partial charge in [0.1, 0.15) is 0 Å². The van der Waals surface area contributed by atoms with Gasteiger partial charge in [0.25, 0.3) is 0 Å². The molecular weight excluding hydrogens is 178 g/mol. The van der Waals surface area contributed by atoms with Crippen molar-refractivity contribution in [2.45, 2.75) is 26.8 Å². The molecule has 0 aliphatic carbocycles. The average Bonchev–Trinajstić information content (AvgIpc) is 2.02. The number of carbonyl (C=O) groups is 1. The van der Waals surface area contributed by atoms with E-state index >= 15 is 0 Å². The summed E-state index contributed by atoms with van der Waals surface area (Å²) < 4.78 is 0. The lowest BCUT2D eigenvalue weighted by molar-refractivity contribution is -0.124. The molecule has 0 saturated carbocycles. The van der Waals surface area contributed by atoms with Gasteiger partial charge in [0, 0.05) is 25.7 Å². The highest BCUT2D eigenvalue weighted by Gasteiger charge is 2.25. The number of nitrogens with zero attached hydrogens (tertiary/aromatic N) is 1. The van der Waals surface area contributed by atoms with Gasteiger partial charge in [-0.1, -0.05) is 20.8 Å². The molecule has 82 valence electrons. The summed E-state index contributed by atoms with van der Waals surface area (Å²) in [5.41, 5.74) is 6.16. The van der Waals surface area contributed by atoms with Crippen LogP contribution in [0.2, 0.25) is 0 Å². The van der Waals surface area contributed by atoms with E-state index in [4.69, 9.17) is 5.73 Å². The number of hydrogen-bond donors (Lipinski definition) is 2. The molecule has 4 heteroatoms. The number of amides is 1. The number of hydrogen-bond acceptors (Lipinski definition) is 3. The Hall–Kier alpha value is -0.610. The van der Waals surface area contributed by atoms with Crippen LogP contribution in [0.1, 0.15) is 20.8 Å². The van der Waals surface area contributed by atoms with Crippen LogP contribution in [0.3, 0.4) is 0 Å². The van der Waals surface area contributed by atoms with Crippen molar-refractivity contribution in [3.8, 4) is 0 Å².